The number of hydrogen-bond acceptors (Lipinski definition) is 3. The second kappa shape index (κ2) is 7.56. The lowest BCUT2D eigenvalue weighted by molar-refractivity contribution is -0.120. The van der Waals surface area contributed by atoms with E-state index in [1.165, 1.54) is 12.3 Å². The van der Waals surface area contributed by atoms with E-state index in [-0.39, 0.29) is 18.1 Å². The second-order valence-corrected chi connectivity index (χ2v) is 4.95. The third kappa shape index (κ3) is 4.56. The largest absolute Gasteiger partial charge is 0.386 e. The van der Waals surface area contributed by atoms with Gasteiger partial charge in [-0.05, 0) is 30.7 Å². The Kier molecular flexibility index (Phi) is 5.49. The lowest BCUT2D eigenvalue weighted by Gasteiger charge is -2.06. The molecule has 114 valence electrons. The topological polar surface area (TPSA) is 50.7 Å². The third-order valence-corrected chi connectivity index (χ3v) is 3.23. The molecule has 2 aromatic rings. The van der Waals surface area contributed by atoms with Crippen LogP contribution >= 0.6 is 11.6 Å². The van der Waals surface area contributed by atoms with E-state index in [2.05, 4.69) is 10.5 Å². The Morgan fingerprint density at radius 3 is 2.86 bits per heavy atom. The molecule has 0 fully saturated rings. The van der Waals surface area contributed by atoms with E-state index < -0.39 is 5.82 Å². The van der Waals surface area contributed by atoms with E-state index in [1.54, 1.807) is 36.4 Å². The molecular formula is C16H14ClFN2O2. The zero-order chi connectivity index (χ0) is 15.9. The molecule has 4 nitrogen and oxygen atoms in total. The van der Waals surface area contributed by atoms with Crippen LogP contribution in [0.4, 0.5) is 10.1 Å². The van der Waals surface area contributed by atoms with Crippen molar-refractivity contribution >= 4 is 29.4 Å². The van der Waals surface area contributed by atoms with Crippen molar-refractivity contribution in [3.05, 3.63) is 64.4 Å². The first kappa shape index (κ1) is 16.0. The minimum atomic E-state index is -0.409. The Bertz CT molecular complexity index is 704. The fourth-order valence-electron chi connectivity index (χ4n) is 1.64. The first-order valence-electron chi connectivity index (χ1n) is 6.52. The van der Waals surface area contributed by atoms with Gasteiger partial charge in [-0.25, -0.2) is 4.39 Å². The van der Waals surface area contributed by atoms with Gasteiger partial charge < -0.3 is 10.2 Å². The highest BCUT2D eigenvalue weighted by Gasteiger charge is 2.04. The van der Waals surface area contributed by atoms with E-state index >= 15 is 0 Å². The molecule has 0 atom stereocenters. The minimum absolute atomic E-state index is 0.281. The van der Waals surface area contributed by atoms with Crippen LogP contribution in [-0.4, -0.2) is 18.7 Å². The van der Waals surface area contributed by atoms with Crippen molar-refractivity contribution in [1.29, 1.82) is 0 Å². The van der Waals surface area contributed by atoms with Crippen molar-refractivity contribution < 1.29 is 14.0 Å². The first-order valence-corrected chi connectivity index (χ1v) is 6.90. The van der Waals surface area contributed by atoms with Crippen molar-refractivity contribution in [2.45, 2.75) is 6.92 Å². The number of nitrogens with one attached hydrogen (secondary N) is 1. The van der Waals surface area contributed by atoms with Crippen LogP contribution in [0.15, 0.2) is 47.6 Å². The summed E-state index contributed by atoms with van der Waals surface area (Å²) in [5.74, 6) is -0.792. The average molecular weight is 321 g/mol. The van der Waals surface area contributed by atoms with E-state index in [0.29, 0.717) is 10.7 Å². The van der Waals surface area contributed by atoms with Crippen LogP contribution in [0.5, 0.6) is 0 Å². The summed E-state index contributed by atoms with van der Waals surface area (Å²) in [6, 6.07) is 11.3. The van der Waals surface area contributed by atoms with Crippen LogP contribution in [0.3, 0.4) is 0 Å². The summed E-state index contributed by atoms with van der Waals surface area (Å²) in [4.78, 5) is 16.5. The van der Waals surface area contributed by atoms with Gasteiger partial charge in [0.25, 0.3) is 5.91 Å². The lowest BCUT2D eigenvalue weighted by atomic mass is 10.2. The lowest BCUT2D eigenvalue weighted by Crippen LogP contribution is -2.17. The fraction of sp³-hybridized carbons (Fsp3) is 0.125. The van der Waals surface area contributed by atoms with Crippen LogP contribution in [-0.2, 0) is 9.63 Å². The molecule has 0 saturated heterocycles. The van der Waals surface area contributed by atoms with Crippen LogP contribution in [0.25, 0.3) is 0 Å². The predicted octanol–water partition coefficient (Wildman–Crippen LogP) is 3.78. The summed E-state index contributed by atoms with van der Waals surface area (Å²) in [5.41, 5.74) is 1.78. The maximum absolute atomic E-state index is 13.3. The number of halogens is 2. The molecule has 1 N–H and O–H groups in total. The number of aryl methyl sites for hydroxylation is 1. The number of nitrogens with zero attached hydrogens (tertiary/aromatic N) is 1. The van der Waals surface area contributed by atoms with Crippen LogP contribution in [0.2, 0.25) is 5.02 Å². The molecule has 0 bridgehead atoms. The van der Waals surface area contributed by atoms with E-state index in [0.717, 1.165) is 5.56 Å². The molecule has 0 aliphatic heterocycles. The third-order valence-electron chi connectivity index (χ3n) is 2.82. The highest BCUT2D eigenvalue weighted by Crippen LogP contribution is 2.19. The quantitative estimate of drug-likeness (QED) is 0.673. The minimum Gasteiger partial charge on any atom is -0.386 e. The molecule has 0 saturated carbocycles. The molecule has 0 heterocycles. The Hall–Kier alpha value is -2.40. The molecule has 2 aromatic carbocycles. The van der Waals surface area contributed by atoms with Crippen molar-refractivity contribution in [3.8, 4) is 0 Å². The molecule has 2 rings (SSSR count). The van der Waals surface area contributed by atoms with Gasteiger partial charge in [-0.3, -0.25) is 4.79 Å². The van der Waals surface area contributed by atoms with Crippen molar-refractivity contribution in [2.75, 3.05) is 11.9 Å². The molecule has 1 amide bonds. The van der Waals surface area contributed by atoms with Crippen molar-refractivity contribution in [3.63, 3.8) is 0 Å². The molecule has 0 aliphatic carbocycles. The standard InChI is InChI=1S/C16H14ClFN2O2/c1-11-6-7-13(8-14(11)17)20-16(21)10-22-19-9-12-4-2-3-5-15(12)18/h2-9H,10H2,1H3,(H,20,21)/b19-9-. The van der Waals surface area contributed by atoms with Crippen LogP contribution < -0.4 is 5.32 Å². The van der Waals surface area contributed by atoms with Gasteiger partial charge in [0.1, 0.15) is 5.82 Å². The normalized spacial score (nSPS) is 10.7. The second-order valence-electron chi connectivity index (χ2n) is 4.54. The first-order chi connectivity index (χ1) is 10.6. The fourth-order valence-corrected chi connectivity index (χ4v) is 1.82. The monoisotopic (exact) mass is 320 g/mol. The van der Waals surface area contributed by atoms with E-state index in [1.807, 2.05) is 6.92 Å². The highest BCUT2D eigenvalue weighted by atomic mass is 35.5. The maximum atomic E-state index is 13.3. The SMILES string of the molecule is Cc1ccc(NC(=O)CO/N=C\c2ccccc2F)cc1Cl. The Morgan fingerprint density at radius 1 is 1.36 bits per heavy atom. The molecule has 0 aliphatic rings. The van der Waals surface area contributed by atoms with Gasteiger partial charge in [0.15, 0.2) is 6.61 Å². The zero-order valence-corrected chi connectivity index (χ0v) is 12.6. The average Bonchev–Trinajstić information content (AvgIpc) is 2.49. The van der Waals surface area contributed by atoms with Gasteiger partial charge >= 0.3 is 0 Å². The van der Waals surface area contributed by atoms with Gasteiger partial charge in [-0.1, -0.05) is 41.0 Å². The number of hydrogen-bond donors (Lipinski definition) is 1. The van der Waals surface area contributed by atoms with E-state index in [4.69, 9.17) is 16.4 Å². The number of carbonyl (C=O) groups is 1. The Labute approximate surface area is 132 Å². The Balaban J connectivity index is 1.83. The van der Waals surface area contributed by atoms with Crippen molar-refractivity contribution in [2.24, 2.45) is 5.16 Å². The molecule has 0 radical (unpaired) electrons. The molecule has 6 heteroatoms. The number of rotatable bonds is 5. The maximum Gasteiger partial charge on any atom is 0.265 e. The number of anilines is 1. The smallest absolute Gasteiger partial charge is 0.265 e. The van der Waals surface area contributed by atoms with Crippen LogP contribution in [0, 0.1) is 12.7 Å². The van der Waals surface area contributed by atoms with Gasteiger partial charge in [0.2, 0.25) is 0 Å². The molecule has 22 heavy (non-hydrogen) atoms. The Morgan fingerprint density at radius 2 is 2.14 bits per heavy atom. The van der Waals surface area contributed by atoms with Gasteiger partial charge in [-0.2, -0.15) is 0 Å². The molecule has 0 aromatic heterocycles. The summed E-state index contributed by atoms with van der Waals surface area (Å²) in [6.07, 6.45) is 1.21. The molecular weight excluding hydrogens is 307 g/mol. The summed E-state index contributed by atoms with van der Waals surface area (Å²) in [6.45, 7) is 1.59. The highest BCUT2D eigenvalue weighted by molar-refractivity contribution is 6.31. The summed E-state index contributed by atoms with van der Waals surface area (Å²) in [5, 5.41) is 6.75. The van der Waals surface area contributed by atoms with Crippen LogP contribution in [0.1, 0.15) is 11.1 Å². The summed E-state index contributed by atoms with van der Waals surface area (Å²) in [7, 11) is 0. The van der Waals surface area contributed by atoms with Crippen molar-refractivity contribution in [1.82, 2.24) is 0 Å². The van der Waals surface area contributed by atoms with Gasteiger partial charge in [-0.15, -0.1) is 0 Å². The number of carbonyl (C=O) groups excluding carboxylic acids is 1. The predicted molar refractivity (Wildman–Crippen MR) is 84.8 cm³/mol. The van der Waals surface area contributed by atoms with Gasteiger partial charge in [0.05, 0.1) is 6.21 Å². The van der Waals surface area contributed by atoms with E-state index in [9.17, 15) is 9.18 Å². The molecule has 0 unspecified atom stereocenters. The van der Waals surface area contributed by atoms with Gasteiger partial charge in [0, 0.05) is 16.3 Å². The number of amides is 1. The number of oxime groups is 1. The number of benzene rings is 2. The summed E-state index contributed by atoms with van der Waals surface area (Å²) >= 11 is 5.97. The zero-order valence-electron chi connectivity index (χ0n) is 11.8. The summed E-state index contributed by atoms with van der Waals surface area (Å²) < 4.78 is 13.3. The molecule has 0 spiro atoms.